The van der Waals surface area contributed by atoms with Crippen molar-refractivity contribution in [2.75, 3.05) is 37.7 Å². The number of nitrogens with one attached hydrogen (secondary N) is 1. The van der Waals surface area contributed by atoms with E-state index in [0.717, 1.165) is 6.26 Å². The lowest BCUT2D eigenvalue weighted by Gasteiger charge is -2.38. The number of likely N-dealkylation sites (N-methyl/N-ethyl adjacent to an activating group) is 1. The van der Waals surface area contributed by atoms with Crippen LogP contribution in [0.5, 0.6) is 5.75 Å². The molecule has 0 saturated carbocycles. The van der Waals surface area contributed by atoms with Gasteiger partial charge in [-0.05, 0) is 39.0 Å². The number of amides is 1. The monoisotopic (exact) mass is 544 g/mol. The van der Waals surface area contributed by atoms with E-state index in [1.807, 2.05) is 6.92 Å². The maximum atomic E-state index is 13.5. The van der Waals surface area contributed by atoms with Gasteiger partial charge in [-0.25, -0.2) is 21.1 Å². The van der Waals surface area contributed by atoms with Gasteiger partial charge in [0.15, 0.2) is 10.7 Å². The molecule has 2 aromatic rings. The van der Waals surface area contributed by atoms with Crippen molar-refractivity contribution >= 4 is 31.6 Å². The summed E-state index contributed by atoms with van der Waals surface area (Å²) in [5.74, 6) is -0.431. The number of anilines is 1. The fourth-order valence-corrected chi connectivity index (χ4v) is 5.76. The van der Waals surface area contributed by atoms with Crippen molar-refractivity contribution in [3.05, 3.63) is 35.2 Å². The average Bonchev–Trinajstić information content (AvgIpc) is 3.13. The number of sulfonamides is 2. The second-order valence-electron chi connectivity index (χ2n) is 9.14. The lowest BCUT2D eigenvalue weighted by Crippen LogP contribution is -2.50. The molecule has 200 valence electrons. The van der Waals surface area contributed by atoms with Crippen LogP contribution in [0.3, 0.4) is 0 Å². The van der Waals surface area contributed by atoms with Crippen LogP contribution in [0.25, 0.3) is 0 Å². The highest BCUT2D eigenvalue weighted by Crippen LogP contribution is 2.32. The maximum absolute atomic E-state index is 13.5. The molecule has 1 aliphatic heterocycles. The Hall–Kier alpha value is -2.68. The third kappa shape index (κ3) is 5.82. The van der Waals surface area contributed by atoms with E-state index < -0.39 is 38.1 Å². The zero-order valence-electron chi connectivity index (χ0n) is 21.0. The summed E-state index contributed by atoms with van der Waals surface area (Å²) in [6.45, 7) is 6.45. The van der Waals surface area contributed by atoms with Gasteiger partial charge in [0.2, 0.25) is 10.0 Å². The molecule has 14 heteroatoms. The Morgan fingerprint density at radius 3 is 2.50 bits per heavy atom. The minimum Gasteiger partial charge on any atom is -0.488 e. The Morgan fingerprint density at radius 2 is 1.94 bits per heavy atom. The summed E-state index contributed by atoms with van der Waals surface area (Å²) in [5.41, 5.74) is 0.384. The first-order chi connectivity index (χ1) is 16.7. The Kier molecular flexibility index (Phi) is 8.03. The highest BCUT2D eigenvalue weighted by atomic mass is 32.2. The molecule has 0 spiro atoms. The predicted octanol–water partition coefficient (Wildman–Crippen LogP) is 1.20. The fraction of sp³-hybridized carbons (Fsp3) is 0.545. The van der Waals surface area contributed by atoms with Gasteiger partial charge in [-0.15, -0.1) is 0 Å². The molecule has 2 N–H and O–H groups in total. The zero-order chi connectivity index (χ0) is 27.0. The highest BCUT2D eigenvalue weighted by Gasteiger charge is 2.35. The van der Waals surface area contributed by atoms with E-state index in [0.29, 0.717) is 0 Å². The Morgan fingerprint density at radius 1 is 1.28 bits per heavy atom. The first kappa shape index (κ1) is 27.9. The number of hydrogen-bond acceptors (Lipinski definition) is 9. The number of rotatable bonds is 8. The number of carbonyl (C=O) groups excluding carboxylic acids is 1. The lowest BCUT2D eigenvalue weighted by atomic mass is 9.99. The van der Waals surface area contributed by atoms with Crippen molar-refractivity contribution in [1.82, 2.24) is 14.4 Å². The van der Waals surface area contributed by atoms with Gasteiger partial charge in [0.05, 0.1) is 31.0 Å². The van der Waals surface area contributed by atoms with Gasteiger partial charge in [-0.1, -0.05) is 12.1 Å². The SMILES string of the molecule is Cc1noc(C)c1S(=O)(=O)Nc1ccc2c(c1)C(=O)N([C@H](C)CO)C[C@H](C)[C@@H](CN(C)S(C)(=O)=O)O2. The van der Waals surface area contributed by atoms with Crippen molar-refractivity contribution in [2.45, 2.75) is 44.7 Å². The molecule has 36 heavy (non-hydrogen) atoms. The summed E-state index contributed by atoms with van der Waals surface area (Å²) >= 11 is 0. The van der Waals surface area contributed by atoms with Crippen LogP contribution in [-0.4, -0.2) is 87.4 Å². The largest absolute Gasteiger partial charge is 0.488 e. The first-order valence-electron chi connectivity index (χ1n) is 11.2. The summed E-state index contributed by atoms with van der Waals surface area (Å²) < 4.78 is 64.7. The molecule has 1 aliphatic rings. The minimum atomic E-state index is -4.06. The quantitative estimate of drug-likeness (QED) is 0.498. The first-order valence-corrected chi connectivity index (χ1v) is 14.6. The van der Waals surface area contributed by atoms with Gasteiger partial charge in [0.25, 0.3) is 15.9 Å². The van der Waals surface area contributed by atoms with Gasteiger partial charge >= 0.3 is 0 Å². The van der Waals surface area contributed by atoms with Crippen LogP contribution >= 0.6 is 0 Å². The van der Waals surface area contributed by atoms with E-state index in [4.69, 9.17) is 9.26 Å². The van der Waals surface area contributed by atoms with Crippen LogP contribution < -0.4 is 9.46 Å². The van der Waals surface area contributed by atoms with E-state index in [9.17, 15) is 26.7 Å². The number of hydrogen-bond donors (Lipinski definition) is 2. The molecule has 3 atom stereocenters. The Labute approximate surface area is 211 Å². The number of benzene rings is 1. The van der Waals surface area contributed by atoms with Gasteiger partial charge in [-0.2, -0.15) is 0 Å². The third-order valence-corrected chi connectivity index (χ3v) is 9.06. The van der Waals surface area contributed by atoms with E-state index >= 15 is 0 Å². The molecule has 0 aliphatic carbocycles. The van der Waals surface area contributed by atoms with Crippen molar-refractivity contribution in [1.29, 1.82) is 0 Å². The van der Waals surface area contributed by atoms with E-state index in [1.165, 1.54) is 48.3 Å². The molecule has 1 aromatic carbocycles. The number of aliphatic hydroxyl groups is 1. The van der Waals surface area contributed by atoms with Crippen molar-refractivity contribution < 1.29 is 36.0 Å². The van der Waals surface area contributed by atoms with Crippen molar-refractivity contribution in [3.8, 4) is 5.75 Å². The molecule has 3 rings (SSSR count). The second kappa shape index (κ2) is 10.4. The van der Waals surface area contributed by atoms with Crippen LogP contribution in [0, 0.1) is 19.8 Å². The van der Waals surface area contributed by atoms with E-state index in [2.05, 4.69) is 9.88 Å². The number of ether oxygens (including phenoxy) is 1. The predicted molar refractivity (Wildman–Crippen MR) is 132 cm³/mol. The average molecular weight is 545 g/mol. The molecular weight excluding hydrogens is 512 g/mol. The lowest BCUT2D eigenvalue weighted by molar-refractivity contribution is 0.0387. The van der Waals surface area contributed by atoms with E-state index in [1.54, 1.807) is 6.92 Å². The molecule has 0 fully saturated rings. The van der Waals surface area contributed by atoms with Crippen LogP contribution in [-0.2, 0) is 20.0 Å². The maximum Gasteiger partial charge on any atom is 0.267 e. The number of carbonyl (C=O) groups is 1. The standard InChI is InChI=1S/C22H32N4O8S2/c1-13-10-26(14(2)12-27)22(28)18-9-17(24-36(31,32)21-15(3)23-34-16(21)4)7-8-19(18)33-20(13)11-25(5)35(6,29)30/h7-9,13-14,20,24,27H,10-12H2,1-6H3/t13-,14+,20+/m0/s1. The summed E-state index contributed by atoms with van der Waals surface area (Å²) in [4.78, 5) is 14.9. The zero-order valence-corrected chi connectivity index (χ0v) is 22.7. The Bertz CT molecular complexity index is 1320. The van der Waals surface area contributed by atoms with Gasteiger partial charge < -0.3 is 19.3 Å². The number of aliphatic hydroxyl groups excluding tert-OH is 1. The molecule has 2 heterocycles. The normalized spacial score (nSPS) is 19.9. The number of aryl methyl sites for hydroxylation is 2. The highest BCUT2D eigenvalue weighted by molar-refractivity contribution is 7.92. The molecular formula is C22H32N4O8S2. The van der Waals surface area contributed by atoms with Gasteiger partial charge in [0, 0.05) is 25.2 Å². The van der Waals surface area contributed by atoms with Crippen LogP contribution in [0.4, 0.5) is 5.69 Å². The van der Waals surface area contributed by atoms with Crippen LogP contribution in [0.1, 0.15) is 35.7 Å². The van der Waals surface area contributed by atoms with Crippen LogP contribution in [0.2, 0.25) is 0 Å². The summed E-state index contributed by atoms with van der Waals surface area (Å²) in [7, 11) is -6.10. The van der Waals surface area contributed by atoms with Gasteiger partial charge in [0.1, 0.15) is 17.5 Å². The minimum absolute atomic E-state index is 0.0371. The van der Waals surface area contributed by atoms with E-state index in [-0.39, 0.29) is 59.0 Å². The third-order valence-electron chi connectivity index (χ3n) is 6.16. The molecule has 0 unspecified atom stereocenters. The number of fused-ring (bicyclic) bond motifs is 1. The summed E-state index contributed by atoms with van der Waals surface area (Å²) in [6.07, 6.45) is 0.477. The molecule has 0 bridgehead atoms. The number of nitrogens with zero attached hydrogens (tertiary/aromatic N) is 3. The molecule has 0 radical (unpaired) electrons. The summed E-state index contributed by atoms with van der Waals surface area (Å²) in [5, 5.41) is 13.4. The molecule has 1 aromatic heterocycles. The molecule has 1 amide bonds. The smallest absolute Gasteiger partial charge is 0.267 e. The fourth-order valence-electron chi connectivity index (χ4n) is 3.96. The topological polar surface area (TPSA) is 159 Å². The van der Waals surface area contributed by atoms with Crippen molar-refractivity contribution in [3.63, 3.8) is 0 Å². The number of aromatic nitrogens is 1. The second-order valence-corrected chi connectivity index (χ2v) is 12.8. The Balaban J connectivity index is 2.04. The molecule has 12 nitrogen and oxygen atoms in total. The molecule has 0 saturated heterocycles. The van der Waals surface area contributed by atoms with Crippen molar-refractivity contribution in [2.24, 2.45) is 5.92 Å². The van der Waals surface area contributed by atoms with Crippen LogP contribution in [0.15, 0.2) is 27.6 Å². The summed E-state index contributed by atoms with van der Waals surface area (Å²) in [6, 6.07) is 3.73. The van der Waals surface area contributed by atoms with Gasteiger partial charge in [-0.3, -0.25) is 9.52 Å².